The SMILES string of the molecule is Cc1ccc(Br)cc1CCNC(=O)CS. The van der Waals surface area contributed by atoms with Gasteiger partial charge >= 0.3 is 0 Å². The third-order valence-corrected chi connectivity index (χ3v) is 2.95. The summed E-state index contributed by atoms with van der Waals surface area (Å²) in [4.78, 5) is 11.0. The maximum Gasteiger partial charge on any atom is 0.229 e. The van der Waals surface area contributed by atoms with Crippen molar-refractivity contribution in [1.82, 2.24) is 5.32 Å². The van der Waals surface area contributed by atoms with Gasteiger partial charge in [-0.15, -0.1) is 0 Å². The van der Waals surface area contributed by atoms with Gasteiger partial charge in [0.15, 0.2) is 0 Å². The zero-order valence-corrected chi connectivity index (χ0v) is 11.1. The van der Waals surface area contributed by atoms with Crippen molar-refractivity contribution in [3.63, 3.8) is 0 Å². The third kappa shape index (κ3) is 4.26. The van der Waals surface area contributed by atoms with Crippen LogP contribution in [-0.2, 0) is 11.2 Å². The number of carbonyl (C=O) groups excluding carboxylic acids is 1. The molecule has 1 rings (SSSR count). The summed E-state index contributed by atoms with van der Waals surface area (Å²) < 4.78 is 1.07. The Bertz CT molecular complexity index is 354. The number of halogens is 1. The minimum Gasteiger partial charge on any atom is -0.355 e. The zero-order valence-electron chi connectivity index (χ0n) is 8.59. The first-order chi connectivity index (χ1) is 7.13. The average Bonchev–Trinajstić information content (AvgIpc) is 2.23. The van der Waals surface area contributed by atoms with Gasteiger partial charge in [0.1, 0.15) is 0 Å². The number of hydrogen-bond donors (Lipinski definition) is 2. The fourth-order valence-corrected chi connectivity index (χ4v) is 1.82. The molecule has 0 aliphatic rings. The second kappa shape index (κ2) is 6.18. The zero-order chi connectivity index (χ0) is 11.3. The standard InChI is InChI=1S/C11H14BrNOS/c1-8-2-3-10(12)6-9(8)4-5-13-11(14)7-15/h2-3,6,15H,4-5,7H2,1H3,(H,13,14). The van der Waals surface area contributed by atoms with Crippen LogP contribution in [0.2, 0.25) is 0 Å². The Morgan fingerprint density at radius 2 is 2.27 bits per heavy atom. The molecular formula is C11H14BrNOS. The monoisotopic (exact) mass is 287 g/mol. The summed E-state index contributed by atoms with van der Waals surface area (Å²) in [6, 6.07) is 6.17. The maximum absolute atomic E-state index is 11.0. The van der Waals surface area contributed by atoms with Crippen molar-refractivity contribution in [2.75, 3.05) is 12.3 Å². The molecule has 15 heavy (non-hydrogen) atoms. The van der Waals surface area contributed by atoms with E-state index in [4.69, 9.17) is 0 Å². The molecule has 1 aromatic rings. The van der Waals surface area contributed by atoms with E-state index in [9.17, 15) is 4.79 Å². The molecule has 1 N–H and O–H groups in total. The number of aryl methyl sites for hydroxylation is 1. The van der Waals surface area contributed by atoms with Crippen molar-refractivity contribution < 1.29 is 4.79 Å². The van der Waals surface area contributed by atoms with Crippen LogP contribution in [0.25, 0.3) is 0 Å². The summed E-state index contributed by atoms with van der Waals surface area (Å²) in [6.45, 7) is 2.74. The maximum atomic E-state index is 11.0. The molecule has 0 aromatic heterocycles. The molecule has 4 heteroatoms. The minimum absolute atomic E-state index is 0.0222. The Hall–Kier alpha value is -0.480. The van der Waals surface area contributed by atoms with Crippen LogP contribution < -0.4 is 5.32 Å². The molecule has 0 fully saturated rings. The summed E-state index contributed by atoms with van der Waals surface area (Å²) in [7, 11) is 0. The largest absolute Gasteiger partial charge is 0.355 e. The third-order valence-electron chi connectivity index (χ3n) is 2.17. The van der Waals surface area contributed by atoms with Crippen molar-refractivity contribution in [3.8, 4) is 0 Å². The number of amides is 1. The number of rotatable bonds is 4. The number of nitrogens with one attached hydrogen (secondary N) is 1. The second-order valence-electron chi connectivity index (χ2n) is 3.33. The Labute approximate surface area is 104 Å². The molecule has 0 spiro atoms. The van der Waals surface area contributed by atoms with Gasteiger partial charge in [-0.1, -0.05) is 22.0 Å². The number of carbonyl (C=O) groups is 1. The molecular weight excluding hydrogens is 274 g/mol. The quantitative estimate of drug-likeness (QED) is 0.818. The summed E-state index contributed by atoms with van der Waals surface area (Å²) in [5.41, 5.74) is 2.50. The smallest absolute Gasteiger partial charge is 0.229 e. The van der Waals surface area contributed by atoms with E-state index in [1.807, 2.05) is 6.07 Å². The normalized spacial score (nSPS) is 10.1. The lowest BCUT2D eigenvalue weighted by Crippen LogP contribution is -2.26. The van der Waals surface area contributed by atoms with E-state index in [2.05, 4.69) is 52.9 Å². The molecule has 0 bridgehead atoms. The Morgan fingerprint density at radius 1 is 1.53 bits per heavy atom. The molecule has 1 amide bonds. The second-order valence-corrected chi connectivity index (χ2v) is 4.56. The Kier molecular flexibility index (Phi) is 5.19. The highest BCUT2D eigenvalue weighted by atomic mass is 79.9. The Balaban J connectivity index is 2.50. The van der Waals surface area contributed by atoms with Crippen molar-refractivity contribution in [2.45, 2.75) is 13.3 Å². The van der Waals surface area contributed by atoms with Crippen LogP contribution in [0.5, 0.6) is 0 Å². The first kappa shape index (κ1) is 12.6. The minimum atomic E-state index is -0.0222. The molecule has 2 nitrogen and oxygen atoms in total. The van der Waals surface area contributed by atoms with E-state index in [0.29, 0.717) is 6.54 Å². The van der Waals surface area contributed by atoms with Crippen LogP contribution in [-0.4, -0.2) is 18.2 Å². The highest BCUT2D eigenvalue weighted by Crippen LogP contribution is 2.16. The van der Waals surface area contributed by atoms with Gasteiger partial charge in [-0.3, -0.25) is 4.79 Å². The first-order valence-electron chi connectivity index (χ1n) is 4.76. The van der Waals surface area contributed by atoms with E-state index in [-0.39, 0.29) is 11.7 Å². The first-order valence-corrected chi connectivity index (χ1v) is 6.18. The fourth-order valence-electron chi connectivity index (χ4n) is 1.30. The predicted molar refractivity (Wildman–Crippen MR) is 69.4 cm³/mol. The average molecular weight is 288 g/mol. The van der Waals surface area contributed by atoms with E-state index in [0.717, 1.165) is 10.9 Å². The van der Waals surface area contributed by atoms with Crippen molar-refractivity contribution in [3.05, 3.63) is 33.8 Å². The molecule has 0 aliphatic heterocycles. The van der Waals surface area contributed by atoms with Gasteiger partial charge in [0.25, 0.3) is 0 Å². The highest BCUT2D eigenvalue weighted by molar-refractivity contribution is 9.10. The van der Waals surface area contributed by atoms with Gasteiger partial charge < -0.3 is 5.32 Å². The van der Waals surface area contributed by atoms with E-state index in [1.165, 1.54) is 11.1 Å². The lowest BCUT2D eigenvalue weighted by Gasteiger charge is -2.07. The number of benzene rings is 1. The summed E-state index contributed by atoms with van der Waals surface area (Å²) in [5.74, 6) is 0.225. The molecule has 82 valence electrons. The molecule has 0 saturated heterocycles. The van der Waals surface area contributed by atoms with Crippen LogP contribution in [0, 0.1) is 6.92 Å². The van der Waals surface area contributed by atoms with Gasteiger partial charge in [-0.2, -0.15) is 12.6 Å². The van der Waals surface area contributed by atoms with Gasteiger partial charge in [0.2, 0.25) is 5.91 Å². The van der Waals surface area contributed by atoms with Crippen molar-refractivity contribution in [2.24, 2.45) is 0 Å². The summed E-state index contributed by atoms with van der Waals surface area (Å²) in [6.07, 6.45) is 0.852. The highest BCUT2D eigenvalue weighted by Gasteiger charge is 2.01. The Morgan fingerprint density at radius 3 is 2.93 bits per heavy atom. The molecule has 0 radical (unpaired) electrons. The topological polar surface area (TPSA) is 29.1 Å². The number of thiol groups is 1. The van der Waals surface area contributed by atoms with Crippen molar-refractivity contribution >= 4 is 34.5 Å². The molecule has 0 aliphatic carbocycles. The van der Waals surface area contributed by atoms with Crippen LogP contribution in [0.3, 0.4) is 0 Å². The summed E-state index contributed by atoms with van der Waals surface area (Å²) >= 11 is 7.32. The van der Waals surface area contributed by atoms with Crippen LogP contribution in [0.4, 0.5) is 0 Å². The van der Waals surface area contributed by atoms with Crippen LogP contribution in [0.15, 0.2) is 22.7 Å². The lowest BCUT2D eigenvalue weighted by molar-refractivity contribution is -0.118. The number of hydrogen-bond acceptors (Lipinski definition) is 2. The van der Waals surface area contributed by atoms with Crippen LogP contribution in [0.1, 0.15) is 11.1 Å². The van der Waals surface area contributed by atoms with E-state index in [1.54, 1.807) is 0 Å². The van der Waals surface area contributed by atoms with Crippen LogP contribution >= 0.6 is 28.6 Å². The molecule has 0 heterocycles. The van der Waals surface area contributed by atoms with E-state index >= 15 is 0 Å². The van der Waals surface area contributed by atoms with E-state index < -0.39 is 0 Å². The predicted octanol–water partition coefficient (Wildman–Crippen LogP) is 2.35. The molecule has 0 saturated carbocycles. The van der Waals surface area contributed by atoms with Gasteiger partial charge in [-0.05, 0) is 36.6 Å². The molecule has 0 unspecified atom stereocenters. The fraction of sp³-hybridized carbons (Fsp3) is 0.364. The summed E-state index contributed by atoms with van der Waals surface area (Å²) in [5, 5.41) is 2.80. The molecule has 0 atom stereocenters. The lowest BCUT2D eigenvalue weighted by atomic mass is 10.1. The van der Waals surface area contributed by atoms with Gasteiger partial charge in [0, 0.05) is 11.0 Å². The van der Waals surface area contributed by atoms with Gasteiger partial charge in [-0.25, -0.2) is 0 Å². The molecule has 1 aromatic carbocycles. The van der Waals surface area contributed by atoms with Gasteiger partial charge in [0.05, 0.1) is 5.75 Å². The van der Waals surface area contributed by atoms with Crippen molar-refractivity contribution in [1.29, 1.82) is 0 Å².